The third-order valence-corrected chi connectivity index (χ3v) is 6.30. The molecule has 1 aromatic carbocycles. The van der Waals surface area contributed by atoms with Gasteiger partial charge in [0, 0.05) is 43.1 Å². The minimum Gasteiger partial charge on any atom is -0.352 e. The summed E-state index contributed by atoms with van der Waals surface area (Å²) in [5, 5.41) is 2.94. The molecule has 1 N–H and O–H groups in total. The first-order valence-electron chi connectivity index (χ1n) is 10.9. The van der Waals surface area contributed by atoms with Gasteiger partial charge in [0.25, 0.3) is 0 Å². The molecule has 0 saturated carbocycles. The molecule has 1 aliphatic heterocycles. The number of nitrogens with one attached hydrogen (secondary N) is 1. The molecule has 0 bridgehead atoms. The van der Waals surface area contributed by atoms with Crippen molar-refractivity contribution in [1.82, 2.24) is 19.9 Å². The van der Waals surface area contributed by atoms with Gasteiger partial charge in [-0.05, 0) is 42.8 Å². The quantitative estimate of drug-likeness (QED) is 0.352. The molecule has 3 heterocycles. The minimum absolute atomic E-state index is 0.00340. The summed E-state index contributed by atoms with van der Waals surface area (Å²) in [6.07, 6.45) is -10.8. The van der Waals surface area contributed by atoms with Crippen molar-refractivity contribution in [3.8, 4) is 0 Å². The molecule has 1 atom stereocenters. The van der Waals surface area contributed by atoms with Gasteiger partial charge in [0.1, 0.15) is 5.82 Å². The van der Waals surface area contributed by atoms with E-state index in [9.17, 15) is 30.7 Å². The Bertz CT molecular complexity index is 1270. The molecule has 0 radical (unpaired) electrons. The van der Waals surface area contributed by atoms with Gasteiger partial charge in [0.15, 0.2) is 0 Å². The first-order valence-corrected chi connectivity index (χ1v) is 11.7. The van der Waals surface area contributed by atoms with E-state index in [1.165, 1.54) is 0 Å². The van der Waals surface area contributed by atoms with Crippen molar-refractivity contribution in [3.05, 3.63) is 58.5 Å². The van der Waals surface area contributed by atoms with Gasteiger partial charge in [-0.15, -0.1) is 0 Å². The Balaban J connectivity index is 1.52. The molecular weight excluding hydrogens is 566 g/mol. The first kappa shape index (κ1) is 27.9. The van der Waals surface area contributed by atoms with Gasteiger partial charge in [0.2, 0.25) is 17.2 Å². The van der Waals surface area contributed by atoms with Crippen molar-refractivity contribution in [2.45, 2.75) is 31.0 Å². The van der Waals surface area contributed by atoms with Crippen molar-refractivity contribution < 1.29 is 30.7 Å². The highest BCUT2D eigenvalue weighted by atomic mass is 35.5. The Kier molecular flexibility index (Phi) is 7.49. The number of pyridine rings is 1. The van der Waals surface area contributed by atoms with Crippen LogP contribution in [0.15, 0.2) is 42.6 Å². The average molecular weight is 584 g/mol. The zero-order chi connectivity index (χ0) is 27.9. The fraction of sp³-hybridized carbons (Fsp3) is 0.364. The van der Waals surface area contributed by atoms with E-state index in [1.54, 1.807) is 18.3 Å². The van der Waals surface area contributed by atoms with Crippen molar-refractivity contribution in [2.24, 2.45) is 0 Å². The van der Waals surface area contributed by atoms with Crippen molar-refractivity contribution in [3.63, 3.8) is 0 Å². The van der Waals surface area contributed by atoms with Crippen LogP contribution in [0, 0.1) is 0 Å². The second-order valence-corrected chi connectivity index (χ2v) is 9.13. The van der Waals surface area contributed by atoms with Crippen LogP contribution in [0.2, 0.25) is 10.3 Å². The summed E-state index contributed by atoms with van der Waals surface area (Å²) >= 11 is 12.3. The van der Waals surface area contributed by atoms with Gasteiger partial charge in [-0.25, -0.2) is 9.37 Å². The molecule has 0 spiro atoms. The molecule has 7 nitrogen and oxygen atoms in total. The predicted molar refractivity (Wildman–Crippen MR) is 128 cm³/mol. The summed E-state index contributed by atoms with van der Waals surface area (Å²) in [7, 11) is 0. The van der Waals surface area contributed by atoms with Crippen LogP contribution >= 0.6 is 23.2 Å². The van der Waals surface area contributed by atoms with E-state index >= 15 is 0 Å². The standard InChI is InChI=1S/C22H18Cl2F7N7/c1-12-11-37(16-15(23)3-2-8-32-16)9-10-38(12)19-35-17(24)34-18(36-19)33-14-6-4-13(5-7-14)20(25,21(26,27)28)22(29,30)31/h2-8,12H,9-11H2,1H3,(H,33,34,35,36)/t12-/m1/s1. The number of piperazine rings is 1. The number of halogens is 9. The fourth-order valence-electron chi connectivity index (χ4n) is 3.98. The van der Waals surface area contributed by atoms with Crippen LogP contribution in [0.3, 0.4) is 0 Å². The maximum Gasteiger partial charge on any atom is 0.435 e. The molecular formula is C22H18Cl2F7N7. The molecule has 0 unspecified atom stereocenters. The molecule has 1 aliphatic rings. The monoisotopic (exact) mass is 583 g/mol. The molecule has 1 fully saturated rings. The van der Waals surface area contributed by atoms with Crippen LogP contribution in [0.4, 0.5) is 54.1 Å². The summed E-state index contributed by atoms with van der Waals surface area (Å²) in [6.45, 7) is 3.42. The number of anilines is 4. The van der Waals surface area contributed by atoms with Gasteiger partial charge in [0.05, 0.1) is 5.02 Å². The number of aromatic nitrogens is 4. The van der Waals surface area contributed by atoms with Crippen LogP contribution in [0.25, 0.3) is 0 Å². The molecule has 3 aromatic rings. The van der Waals surface area contributed by atoms with Gasteiger partial charge in [-0.2, -0.15) is 41.3 Å². The number of hydrogen-bond donors (Lipinski definition) is 1. The molecule has 204 valence electrons. The largest absolute Gasteiger partial charge is 0.435 e. The highest BCUT2D eigenvalue weighted by Crippen LogP contribution is 2.53. The minimum atomic E-state index is -6.21. The number of benzene rings is 1. The van der Waals surface area contributed by atoms with Crippen LogP contribution in [-0.4, -0.2) is 58.0 Å². The topological polar surface area (TPSA) is 70.1 Å². The summed E-state index contributed by atoms with van der Waals surface area (Å²) in [5.74, 6) is 0.710. The molecule has 16 heteroatoms. The van der Waals surface area contributed by atoms with E-state index < -0.39 is 23.6 Å². The van der Waals surface area contributed by atoms with E-state index in [0.717, 1.165) is 12.1 Å². The van der Waals surface area contributed by atoms with Crippen molar-refractivity contribution in [1.29, 1.82) is 0 Å². The number of hydrogen-bond acceptors (Lipinski definition) is 7. The Morgan fingerprint density at radius 2 is 1.55 bits per heavy atom. The lowest BCUT2D eigenvalue weighted by Gasteiger charge is -2.40. The zero-order valence-corrected chi connectivity index (χ0v) is 20.8. The fourth-order valence-corrected chi connectivity index (χ4v) is 4.38. The highest BCUT2D eigenvalue weighted by Gasteiger charge is 2.73. The molecule has 0 amide bonds. The van der Waals surface area contributed by atoms with Crippen molar-refractivity contribution >= 4 is 46.6 Å². The van der Waals surface area contributed by atoms with E-state index in [2.05, 4.69) is 25.3 Å². The summed E-state index contributed by atoms with van der Waals surface area (Å²) in [5.41, 5.74) is -7.14. The lowest BCUT2D eigenvalue weighted by Crippen LogP contribution is -2.53. The third-order valence-electron chi connectivity index (χ3n) is 5.84. The highest BCUT2D eigenvalue weighted by molar-refractivity contribution is 6.32. The van der Waals surface area contributed by atoms with Crippen LogP contribution in [0.5, 0.6) is 0 Å². The van der Waals surface area contributed by atoms with Crippen LogP contribution in [0.1, 0.15) is 12.5 Å². The van der Waals surface area contributed by atoms with Crippen LogP contribution in [-0.2, 0) is 5.67 Å². The number of rotatable bonds is 5. The average Bonchev–Trinajstić information content (AvgIpc) is 2.82. The van der Waals surface area contributed by atoms with E-state index in [1.807, 2.05) is 16.7 Å². The molecule has 0 aliphatic carbocycles. The second-order valence-electron chi connectivity index (χ2n) is 8.38. The Hall–Kier alpha value is -3.13. The Labute approximate surface area is 221 Å². The maximum absolute atomic E-state index is 14.3. The predicted octanol–water partition coefficient (Wildman–Crippen LogP) is 6.32. The molecule has 2 aromatic heterocycles. The smallest absolute Gasteiger partial charge is 0.352 e. The number of alkyl halides is 7. The lowest BCUT2D eigenvalue weighted by molar-refractivity contribution is -0.348. The molecule has 4 rings (SSSR count). The summed E-state index contributed by atoms with van der Waals surface area (Å²) < 4.78 is 92.3. The Morgan fingerprint density at radius 3 is 2.13 bits per heavy atom. The van der Waals surface area contributed by atoms with E-state index in [0.29, 0.717) is 42.6 Å². The SMILES string of the molecule is C[C@@H]1CN(c2ncccc2Cl)CCN1c1nc(Cl)nc(Nc2ccc(C(F)(C(F)(F)F)C(F)(F)F)cc2)n1. The second kappa shape index (κ2) is 10.2. The maximum atomic E-state index is 14.3. The normalized spacial score (nSPS) is 17.1. The van der Waals surface area contributed by atoms with Gasteiger partial charge >= 0.3 is 18.0 Å². The summed E-state index contributed by atoms with van der Waals surface area (Å²) in [6, 6.07) is 5.79. The first-order chi connectivity index (χ1) is 17.7. The van der Waals surface area contributed by atoms with Crippen LogP contribution < -0.4 is 15.1 Å². The van der Waals surface area contributed by atoms with Gasteiger partial charge in [-0.3, -0.25) is 0 Å². The van der Waals surface area contributed by atoms with E-state index in [-0.39, 0.29) is 28.9 Å². The van der Waals surface area contributed by atoms with Crippen molar-refractivity contribution in [2.75, 3.05) is 34.8 Å². The van der Waals surface area contributed by atoms with Gasteiger partial charge in [-0.1, -0.05) is 23.7 Å². The molecule has 1 saturated heterocycles. The summed E-state index contributed by atoms with van der Waals surface area (Å²) in [4.78, 5) is 20.5. The van der Waals surface area contributed by atoms with E-state index in [4.69, 9.17) is 23.2 Å². The Morgan fingerprint density at radius 1 is 0.895 bits per heavy atom. The zero-order valence-electron chi connectivity index (χ0n) is 19.3. The lowest BCUT2D eigenvalue weighted by atomic mass is 9.94. The molecule has 38 heavy (non-hydrogen) atoms. The number of nitrogens with zero attached hydrogens (tertiary/aromatic N) is 6. The third kappa shape index (κ3) is 5.37. The van der Waals surface area contributed by atoms with Gasteiger partial charge < -0.3 is 15.1 Å².